The highest BCUT2D eigenvalue weighted by molar-refractivity contribution is 9.10. The molecule has 1 atom stereocenters. The normalized spacial score (nSPS) is 17.1. The van der Waals surface area contributed by atoms with E-state index in [0.29, 0.717) is 24.1 Å². The van der Waals surface area contributed by atoms with Crippen LogP contribution in [0.3, 0.4) is 0 Å². The Morgan fingerprint density at radius 3 is 2.63 bits per heavy atom. The maximum Gasteiger partial charge on any atom is 0.410 e. The number of ether oxygens (including phenoxy) is 2. The number of likely N-dealkylation sites (tertiary alicyclic amines) is 1. The fraction of sp³-hybridized carbons (Fsp3) is 0.636. The number of hydrogen-bond donors (Lipinski definition) is 0. The number of rotatable bonds is 6. The van der Waals surface area contributed by atoms with Crippen LogP contribution in [0.2, 0.25) is 0 Å². The molecule has 0 bridgehead atoms. The number of piperidine rings is 1. The van der Waals surface area contributed by atoms with E-state index in [1.54, 1.807) is 15.9 Å². The van der Waals surface area contributed by atoms with Crippen molar-refractivity contribution in [2.45, 2.75) is 59.1 Å². The Hall–Kier alpha value is -1.83. The topological polar surface area (TPSA) is 59.1 Å². The van der Waals surface area contributed by atoms with E-state index in [-0.39, 0.29) is 36.3 Å². The van der Waals surface area contributed by atoms with E-state index in [4.69, 9.17) is 9.47 Å². The van der Waals surface area contributed by atoms with Gasteiger partial charge in [0.2, 0.25) is 0 Å². The zero-order valence-electron chi connectivity index (χ0n) is 18.4. The zero-order chi connectivity index (χ0) is 22.5. The van der Waals surface area contributed by atoms with Crippen molar-refractivity contribution in [2.75, 3.05) is 26.2 Å². The second-order valence-electron chi connectivity index (χ2n) is 8.94. The summed E-state index contributed by atoms with van der Waals surface area (Å²) >= 11 is 3.19. The molecular formula is C22H32BrFN2O4. The first-order valence-corrected chi connectivity index (χ1v) is 11.1. The Kier molecular flexibility index (Phi) is 8.52. The molecule has 30 heavy (non-hydrogen) atoms. The molecule has 0 radical (unpaired) electrons. The lowest BCUT2D eigenvalue weighted by atomic mass is 9.97. The van der Waals surface area contributed by atoms with E-state index in [1.165, 1.54) is 12.1 Å². The van der Waals surface area contributed by atoms with Gasteiger partial charge in [-0.2, -0.15) is 0 Å². The second-order valence-corrected chi connectivity index (χ2v) is 9.85. The van der Waals surface area contributed by atoms with E-state index in [1.807, 2.05) is 34.6 Å². The van der Waals surface area contributed by atoms with E-state index >= 15 is 0 Å². The van der Waals surface area contributed by atoms with Crippen LogP contribution in [0.4, 0.5) is 9.18 Å². The van der Waals surface area contributed by atoms with Crippen molar-refractivity contribution < 1.29 is 23.5 Å². The molecule has 1 aromatic rings. The molecule has 1 unspecified atom stereocenters. The van der Waals surface area contributed by atoms with Crippen LogP contribution in [-0.4, -0.2) is 59.7 Å². The Bertz CT molecular complexity index is 751. The summed E-state index contributed by atoms with van der Waals surface area (Å²) in [5.74, 6) is -0.493. The smallest absolute Gasteiger partial charge is 0.410 e. The summed E-state index contributed by atoms with van der Waals surface area (Å²) in [7, 11) is 0. The third kappa shape index (κ3) is 7.45. The highest BCUT2D eigenvalue weighted by Gasteiger charge is 2.30. The second kappa shape index (κ2) is 10.5. The van der Waals surface area contributed by atoms with Crippen LogP contribution in [0.25, 0.3) is 0 Å². The van der Waals surface area contributed by atoms with E-state index in [9.17, 15) is 14.0 Å². The van der Waals surface area contributed by atoms with Crippen LogP contribution >= 0.6 is 15.9 Å². The molecule has 0 saturated carbocycles. The minimum Gasteiger partial charge on any atom is -0.481 e. The standard InChI is InChI=1S/C22H32BrFN2O4/c1-15(2)26(21(28)30-22(3,4)5)13-16-7-6-10-25(12-16)20(27)14-29-19-9-8-17(23)11-18(19)24/h8-9,11,15-16H,6-7,10,12-14H2,1-5H3. The number of hydrogen-bond acceptors (Lipinski definition) is 4. The lowest BCUT2D eigenvalue weighted by Gasteiger charge is -2.37. The molecule has 6 nitrogen and oxygen atoms in total. The highest BCUT2D eigenvalue weighted by atomic mass is 79.9. The maximum atomic E-state index is 13.9. The number of carbonyl (C=O) groups is 2. The Labute approximate surface area is 186 Å². The van der Waals surface area contributed by atoms with Crippen LogP contribution in [0.1, 0.15) is 47.5 Å². The van der Waals surface area contributed by atoms with Crippen molar-refractivity contribution in [3.8, 4) is 5.75 Å². The molecule has 8 heteroatoms. The molecule has 1 saturated heterocycles. The van der Waals surface area contributed by atoms with Gasteiger partial charge in [-0.3, -0.25) is 4.79 Å². The molecule has 0 aromatic heterocycles. The number of nitrogens with zero attached hydrogens (tertiary/aromatic N) is 2. The highest BCUT2D eigenvalue weighted by Crippen LogP contribution is 2.23. The molecular weight excluding hydrogens is 455 g/mol. The first-order chi connectivity index (χ1) is 14.0. The average molecular weight is 487 g/mol. The molecule has 168 valence electrons. The minimum atomic E-state index is -0.557. The monoisotopic (exact) mass is 486 g/mol. The predicted molar refractivity (Wildman–Crippen MR) is 117 cm³/mol. The van der Waals surface area contributed by atoms with Crippen LogP contribution in [-0.2, 0) is 9.53 Å². The molecule has 1 aliphatic rings. The molecule has 1 fully saturated rings. The van der Waals surface area contributed by atoms with Crippen molar-refractivity contribution in [2.24, 2.45) is 5.92 Å². The SMILES string of the molecule is CC(C)N(CC1CCCN(C(=O)COc2ccc(Br)cc2F)C1)C(=O)OC(C)(C)C. The van der Waals surface area contributed by atoms with Gasteiger partial charge in [0.25, 0.3) is 5.91 Å². The van der Waals surface area contributed by atoms with Crippen LogP contribution < -0.4 is 4.74 Å². The first-order valence-electron chi connectivity index (χ1n) is 10.3. The van der Waals surface area contributed by atoms with Gasteiger partial charge < -0.3 is 19.3 Å². The Balaban J connectivity index is 1.93. The van der Waals surface area contributed by atoms with E-state index in [2.05, 4.69) is 15.9 Å². The van der Waals surface area contributed by atoms with Gasteiger partial charge in [0.05, 0.1) is 0 Å². The summed E-state index contributed by atoms with van der Waals surface area (Å²) in [4.78, 5) is 28.6. The Morgan fingerprint density at radius 1 is 1.33 bits per heavy atom. The lowest BCUT2D eigenvalue weighted by molar-refractivity contribution is -0.135. The summed E-state index contributed by atoms with van der Waals surface area (Å²) in [5, 5.41) is 0. The molecule has 1 aliphatic heterocycles. The number of benzene rings is 1. The van der Waals surface area contributed by atoms with Gasteiger partial charge in [-0.1, -0.05) is 15.9 Å². The minimum absolute atomic E-state index is 0.00496. The number of carbonyl (C=O) groups excluding carboxylic acids is 2. The third-order valence-electron chi connectivity index (χ3n) is 4.82. The summed E-state index contributed by atoms with van der Waals surface area (Å²) in [5.41, 5.74) is -0.557. The number of halogens is 2. The van der Waals surface area contributed by atoms with Crippen LogP contribution in [0, 0.1) is 11.7 Å². The summed E-state index contributed by atoms with van der Waals surface area (Å²) in [6.07, 6.45) is 1.44. The molecule has 0 spiro atoms. The average Bonchev–Trinajstić information content (AvgIpc) is 2.63. The molecule has 0 aliphatic carbocycles. The van der Waals surface area contributed by atoms with Gasteiger partial charge in [-0.15, -0.1) is 0 Å². The van der Waals surface area contributed by atoms with Crippen molar-refractivity contribution >= 4 is 27.9 Å². The maximum absolute atomic E-state index is 13.9. The van der Waals surface area contributed by atoms with Gasteiger partial charge in [-0.05, 0) is 71.6 Å². The van der Waals surface area contributed by atoms with Crippen LogP contribution in [0.5, 0.6) is 5.75 Å². The predicted octanol–water partition coefficient (Wildman–Crippen LogP) is 4.85. The van der Waals surface area contributed by atoms with Gasteiger partial charge in [0.15, 0.2) is 18.2 Å². The number of amides is 2. The van der Waals surface area contributed by atoms with Gasteiger partial charge >= 0.3 is 6.09 Å². The van der Waals surface area contributed by atoms with Gasteiger partial charge in [0, 0.05) is 30.1 Å². The van der Waals surface area contributed by atoms with Crippen molar-refractivity contribution in [3.63, 3.8) is 0 Å². The van der Waals surface area contributed by atoms with Crippen molar-refractivity contribution in [1.82, 2.24) is 9.80 Å². The molecule has 0 N–H and O–H groups in total. The van der Waals surface area contributed by atoms with Gasteiger partial charge in [-0.25, -0.2) is 9.18 Å². The summed E-state index contributed by atoms with van der Waals surface area (Å²) < 4.78 is 25.4. The third-order valence-corrected chi connectivity index (χ3v) is 5.32. The zero-order valence-corrected chi connectivity index (χ0v) is 20.0. The largest absolute Gasteiger partial charge is 0.481 e. The Morgan fingerprint density at radius 2 is 2.03 bits per heavy atom. The van der Waals surface area contributed by atoms with Crippen molar-refractivity contribution in [1.29, 1.82) is 0 Å². The van der Waals surface area contributed by atoms with E-state index in [0.717, 1.165) is 12.8 Å². The molecule has 2 rings (SSSR count). The first kappa shape index (κ1) is 24.4. The lowest BCUT2D eigenvalue weighted by Crippen LogP contribution is -2.48. The molecule has 1 aromatic carbocycles. The van der Waals surface area contributed by atoms with Crippen molar-refractivity contribution in [3.05, 3.63) is 28.5 Å². The quantitative estimate of drug-likeness (QED) is 0.576. The summed E-state index contributed by atoms with van der Waals surface area (Å²) in [6.45, 7) is 10.9. The summed E-state index contributed by atoms with van der Waals surface area (Å²) in [6, 6.07) is 4.45. The van der Waals surface area contributed by atoms with Gasteiger partial charge in [0.1, 0.15) is 5.60 Å². The van der Waals surface area contributed by atoms with E-state index < -0.39 is 11.4 Å². The van der Waals surface area contributed by atoms with Crippen LogP contribution in [0.15, 0.2) is 22.7 Å². The molecule has 2 amide bonds. The molecule has 1 heterocycles. The fourth-order valence-corrected chi connectivity index (χ4v) is 3.69. The fourth-order valence-electron chi connectivity index (χ4n) is 3.36.